The number of aromatic nitrogens is 2. The minimum absolute atomic E-state index is 0.0871. The first kappa shape index (κ1) is 18.9. The van der Waals surface area contributed by atoms with Crippen LogP contribution in [0.4, 0.5) is 0 Å². The van der Waals surface area contributed by atoms with E-state index in [4.69, 9.17) is 13.6 Å². The number of carbonyl (C=O) groups excluding carboxylic acids is 1. The molecule has 0 bridgehead atoms. The molecule has 0 radical (unpaired) electrons. The molecule has 3 aromatic rings. The second-order valence-electron chi connectivity index (χ2n) is 5.98. The first-order valence-electron chi connectivity index (χ1n) is 8.46. The van der Waals surface area contributed by atoms with Gasteiger partial charge in [0.1, 0.15) is 23.2 Å². The van der Waals surface area contributed by atoms with E-state index in [0.29, 0.717) is 24.7 Å². The molecule has 3 aromatic heterocycles. The van der Waals surface area contributed by atoms with Crippen molar-refractivity contribution in [2.24, 2.45) is 0 Å². The lowest BCUT2D eigenvalue weighted by Crippen LogP contribution is -2.34. The van der Waals surface area contributed by atoms with E-state index >= 15 is 0 Å². The highest BCUT2D eigenvalue weighted by atomic mass is 16.5. The molecule has 144 valence electrons. The molecule has 1 N–H and O–H groups in total. The lowest BCUT2D eigenvalue weighted by molar-refractivity contribution is 0.0694. The van der Waals surface area contributed by atoms with Crippen LogP contribution >= 0.6 is 0 Å². The van der Waals surface area contributed by atoms with Crippen molar-refractivity contribution < 1.29 is 23.5 Å². The molecule has 0 aliphatic heterocycles. The van der Waals surface area contributed by atoms with Crippen LogP contribution in [0.5, 0.6) is 0 Å². The van der Waals surface area contributed by atoms with Gasteiger partial charge >= 0.3 is 0 Å². The van der Waals surface area contributed by atoms with Crippen LogP contribution in [-0.4, -0.2) is 52.3 Å². The summed E-state index contributed by atoms with van der Waals surface area (Å²) in [5.41, 5.74) is -0.120. The fourth-order valence-electron chi connectivity index (χ4n) is 2.87. The number of aliphatic hydroxyl groups excluding tert-OH is 1. The van der Waals surface area contributed by atoms with Crippen molar-refractivity contribution in [1.82, 2.24) is 14.5 Å². The number of rotatable bonds is 8. The number of hydrogen-bond donors (Lipinski definition) is 1. The van der Waals surface area contributed by atoms with Crippen LogP contribution in [0, 0.1) is 6.92 Å². The number of furan rings is 2. The first-order chi connectivity index (χ1) is 13.1. The first-order valence-corrected chi connectivity index (χ1v) is 8.46. The SMILES string of the molecule is COCCn1cnc2oc(C)c(C(=O)N(CCO)Cc3ccco3)c2c1=O. The highest BCUT2D eigenvalue weighted by Crippen LogP contribution is 2.23. The van der Waals surface area contributed by atoms with Crippen LogP contribution in [0.1, 0.15) is 21.9 Å². The van der Waals surface area contributed by atoms with Gasteiger partial charge in [-0.15, -0.1) is 0 Å². The summed E-state index contributed by atoms with van der Waals surface area (Å²) in [5.74, 6) is 0.435. The summed E-state index contributed by atoms with van der Waals surface area (Å²) in [6.07, 6.45) is 2.88. The van der Waals surface area contributed by atoms with Gasteiger partial charge in [-0.2, -0.15) is 0 Å². The minimum atomic E-state index is -0.430. The molecule has 3 heterocycles. The van der Waals surface area contributed by atoms with Crippen molar-refractivity contribution in [3.8, 4) is 0 Å². The Labute approximate surface area is 154 Å². The lowest BCUT2D eigenvalue weighted by Gasteiger charge is -2.20. The third kappa shape index (κ3) is 3.79. The Morgan fingerprint density at radius 3 is 2.93 bits per heavy atom. The Balaban J connectivity index is 2.03. The summed E-state index contributed by atoms with van der Waals surface area (Å²) in [7, 11) is 1.54. The van der Waals surface area contributed by atoms with Crippen molar-refractivity contribution in [3.63, 3.8) is 0 Å². The van der Waals surface area contributed by atoms with Crippen LogP contribution in [0.2, 0.25) is 0 Å². The van der Waals surface area contributed by atoms with Gasteiger partial charge < -0.3 is 23.6 Å². The van der Waals surface area contributed by atoms with E-state index in [1.54, 1.807) is 19.1 Å². The van der Waals surface area contributed by atoms with Gasteiger partial charge in [0, 0.05) is 13.7 Å². The average Bonchev–Trinajstić information content (AvgIpc) is 3.27. The summed E-state index contributed by atoms with van der Waals surface area (Å²) in [5, 5.41) is 9.47. The van der Waals surface area contributed by atoms with Crippen LogP contribution in [0.25, 0.3) is 11.1 Å². The summed E-state index contributed by atoms with van der Waals surface area (Å²) in [6, 6.07) is 3.45. The normalized spacial score (nSPS) is 11.2. The summed E-state index contributed by atoms with van der Waals surface area (Å²) in [4.78, 5) is 31.5. The van der Waals surface area contributed by atoms with E-state index in [1.807, 2.05) is 0 Å². The van der Waals surface area contributed by atoms with Gasteiger partial charge in [-0.3, -0.25) is 14.2 Å². The van der Waals surface area contributed by atoms with Gasteiger partial charge in [-0.25, -0.2) is 4.98 Å². The van der Waals surface area contributed by atoms with Crippen molar-refractivity contribution in [1.29, 1.82) is 0 Å². The number of fused-ring (bicyclic) bond motifs is 1. The van der Waals surface area contributed by atoms with Crippen molar-refractivity contribution in [2.45, 2.75) is 20.0 Å². The molecule has 9 nitrogen and oxygen atoms in total. The highest BCUT2D eigenvalue weighted by Gasteiger charge is 2.27. The van der Waals surface area contributed by atoms with E-state index in [2.05, 4.69) is 4.98 Å². The zero-order valence-electron chi connectivity index (χ0n) is 15.2. The van der Waals surface area contributed by atoms with Crippen LogP contribution < -0.4 is 5.56 Å². The van der Waals surface area contributed by atoms with Crippen LogP contribution in [0.15, 0.2) is 38.4 Å². The molecule has 0 fully saturated rings. The second-order valence-corrected chi connectivity index (χ2v) is 5.98. The number of aryl methyl sites for hydroxylation is 1. The van der Waals surface area contributed by atoms with E-state index in [-0.39, 0.29) is 41.9 Å². The third-order valence-electron chi connectivity index (χ3n) is 4.19. The Bertz CT molecular complexity index is 973. The van der Waals surface area contributed by atoms with Crippen molar-refractivity contribution in [3.05, 3.63) is 52.2 Å². The zero-order chi connectivity index (χ0) is 19.4. The van der Waals surface area contributed by atoms with Gasteiger partial charge in [0.2, 0.25) is 5.71 Å². The van der Waals surface area contributed by atoms with Gasteiger partial charge in [0.25, 0.3) is 11.5 Å². The van der Waals surface area contributed by atoms with E-state index in [0.717, 1.165) is 0 Å². The monoisotopic (exact) mass is 375 g/mol. The number of ether oxygens (including phenoxy) is 1. The molecular weight excluding hydrogens is 354 g/mol. The molecule has 0 aliphatic rings. The maximum Gasteiger partial charge on any atom is 0.265 e. The lowest BCUT2D eigenvalue weighted by atomic mass is 10.1. The van der Waals surface area contributed by atoms with Crippen molar-refractivity contribution >= 4 is 17.0 Å². The number of hydrogen-bond acceptors (Lipinski definition) is 7. The number of nitrogens with zero attached hydrogens (tertiary/aromatic N) is 3. The molecule has 0 atom stereocenters. The van der Waals surface area contributed by atoms with Crippen molar-refractivity contribution in [2.75, 3.05) is 26.9 Å². The molecule has 9 heteroatoms. The fraction of sp³-hybridized carbons (Fsp3) is 0.389. The Hall–Kier alpha value is -2.91. The molecule has 0 spiro atoms. The molecule has 27 heavy (non-hydrogen) atoms. The topological polar surface area (TPSA) is 111 Å². The minimum Gasteiger partial charge on any atom is -0.467 e. The van der Waals surface area contributed by atoms with Gasteiger partial charge in [-0.05, 0) is 19.1 Å². The van der Waals surface area contributed by atoms with E-state index in [9.17, 15) is 14.7 Å². The number of carbonyl (C=O) groups is 1. The highest BCUT2D eigenvalue weighted by molar-refractivity contribution is 6.06. The molecule has 0 aromatic carbocycles. The van der Waals surface area contributed by atoms with E-state index < -0.39 is 5.91 Å². The Morgan fingerprint density at radius 2 is 2.26 bits per heavy atom. The third-order valence-corrected chi connectivity index (χ3v) is 4.19. The van der Waals surface area contributed by atoms with E-state index in [1.165, 1.54) is 29.2 Å². The molecule has 0 unspecified atom stereocenters. The zero-order valence-corrected chi connectivity index (χ0v) is 15.2. The molecule has 3 rings (SSSR count). The largest absolute Gasteiger partial charge is 0.467 e. The van der Waals surface area contributed by atoms with Gasteiger partial charge in [-0.1, -0.05) is 0 Å². The quantitative estimate of drug-likeness (QED) is 0.629. The van der Waals surface area contributed by atoms with Crippen LogP contribution in [-0.2, 0) is 17.8 Å². The molecular formula is C18H21N3O6. The molecule has 0 saturated heterocycles. The molecule has 0 aliphatic carbocycles. The van der Waals surface area contributed by atoms with Gasteiger partial charge in [0.15, 0.2) is 0 Å². The number of methoxy groups -OCH3 is 1. The fourth-order valence-corrected chi connectivity index (χ4v) is 2.87. The van der Waals surface area contributed by atoms with Crippen LogP contribution in [0.3, 0.4) is 0 Å². The summed E-state index contributed by atoms with van der Waals surface area (Å²) < 4.78 is 17.2. The number of amides is 1. The number of aliphatic hydroxyl groups is 1. The predicted octanol–water partition coefficient (Wildman–Crippen LogP) is 1.17. The summed E-state index contributed by atoms with van der Waals surface area (Å²) in [6.45, 7) is 2.28. The maximum absolute atomic E-state index is 13.1. The standard InChI is InChI=1S/C18H21N3O6/c1-12-14(17(23)20(5-7-22)10-13-4-3-8-26-13)15-16(27-12)19-11-21(18(15)24)6-9-25-2/h3-4,8,11,22H,5-7,9-10H2,1-2H3. The predicted molar refractivity (Wildman–Crippen MR) is 95.4 cm³/mol. The maximum atomic E-state index is 13.1. The smallest absolute Gasteiger partial charge is 0.265 e. The average molecular weight is 375 g/mol. The Kier molecular flexibility index (Phi) is 5.72. The van der Waals surface area contributed by atoms with Gasteiger partial charge in [0.05, 0.1) is 38.1 Å². The summed E-state index contributed by atoms with van der Waals surface area (Å²) >= 11 is 0. The second kappa shape index (κ2) is 8.19. The molecule has 0 saturated carbocycles. The molecule has 1 amide bonds. The Morgan fingerprint density at radius 1 is 1.44 bits per heavy atom.